The molecule has 1 atom stereocenters. The predicted octanol–water partition coefficient (Wildman–Crippen LogP) is 2.44. The number of benzene rings is 1. The molecule has 86 valence electrons. The predicted molar refractivity (Wildman–Crippen MR) is 53.3 cm³/mol. The second-order valence-electron chi connectivity index (χ2n) is 3.62. The minimum atomic E-state index is -4.41. The van der Waals surface area contributed by atoms with Gasteiger partial charge in [0, 0.05) is 12.1 Å². The van der Waals surface area contributed by atoms with Crippen LogP contribution in [0.4, 0.5) is 13.2 Å². The van der Waals surface area contributed by atoms with Gasteiger partial charge in [-0.05, 0) is 23.3 Å². The topological polar surface area (TPSA) is 32.3 Å². The number of aliphatic hydroxyl groups excluding tert-OH is 1. The number of fused-ring (bicyclic) bond motifs is 1. The Bertz CT molecular complexity index is 440. The van der Waals surface area contributed by atoms with Gasteiger partial charge < -0.3 is 5.11 Å². The van der Waals surface area contributed by atoms with Crippen molar-refractivity contribution >= 4 is 6.08 Å². The highest BCUT2D eigenvalue weighted by molar-refractivity contribution is 5.55. The van der Waals surface area contributed by atoms with Gasteiger partial charge in [0.15, 0.2) is 0 Å². The van der Waals surface area contributed by atoms with Gasteiger partial charge in [0.25, 0.3) is 0 Å². The molecule has 2 nitrogen and oxygen atoms in total. The van der Waals surface area contributed by atoms with Gasteiger partial charge in [0.05, 0.1) is 5.56 Å². The molecule has 1 aromatic carbocycles. The first-order valence-electron chi connectivity index (χ1n) is 4.71. The number of aliphatic hydroxyl groups is 1. The van der Waals surface area contributed by atoms with E-state index in [1.54, 1.807) is 0 Å². The summed E-state index contributed by atoms with van der Waals surface area (Å²) >= 11 is 0. The van der Waals surface area contributed by atoms with Crippen molar-refractivity contribution in [3.63, 3.8) is 0 Å². The van der Waals surface area contributed by atoms with Crippen LogP contribution in [0.2, 0.25) is 0 Å². The van der Waals surface area contributed by atoms with Crippen molar-refractivity contribution in [2.24, 2.45) is 0 Å². The summed E-state index contributed by atoms with van der Waals surface area (Å²) in [6, 6.07) is 2.56. The zero-order chi connectivity index (χ0) is 11.9. The molecular formula is C11H10F3NO. The molecule has 5 heteroatoms. The van der Waals surface area contributed by atoms with Gasteiger partial charge in [0.1, 0.15) is 6.23 Å². The second-order valence-corrected chi connectivity index (χ2v) is 3.62. The summed E-state index contributed by atoms with van der Waals surface area (Å²) in [5.74, 6) is 0. The van der Waals surface area contributed by atoms with Gasteiger partial charge in [-0.2, -0.15) is 13.2 Å². The Hall–Kier alpha value is -1.33. The third-order valence-corrected chi connectivity index (χ3v) is 2.61. The SMILES string of the molecule is C=Cc1cc2c(c(C(F)(F)F)c1)CNC2O. The fraction of sp³-hybridized carbons (Fsp3) is 0.273. The zero-order valence-corrected chi connectivity index (χ0v) is 8.30. The Morgan fingerprint density at radius 2 is 2.12 bits per heavy atom. The van der Waals surface area contributed by atoms with E-state index >= 15 is 0 Å². The first kappa shape index (κ1) is 11.2. The van der Waals surface area contributed by atoms with E-state index < -0.39 is 18.0 Å². The van der Waals surface area contributed by atoms with Crippen molar-refractivity contribution in [2.75, 3.05) is 0 Å². The van der Waals surface area contributed by atoms with Gasteiger partial charge in [-0.15, -0.1) is 0 Å². The van der Waals surface area contributed by atoms with Crippen molar-refractivity contribution in [1.82, 2.24) is 5.32 Å². The van der Waals surface area contributed by atoms with Crippen LogP contribution in [0.3, 0.4) is 0 Å². The minimum absolute atomic E-state index is 0.0305. The van der Waals surface area contributed by atoms with Crippen LogP contribution in [0.15, 0.2) is 18.7 Å². The van der Waals surface area contributed by atoms with Crippen LogP contribution in [0.1, 0.15) is 28.5 Å². The molecule has 0 amide bonds. The molecule has 0 saturated heterocycles. The van der Waals surface area contributed by atoms with Crippen molar-refractivity contribution in [3.05, 3.63) is 41.0 Å². The highest BCUT2D eigenvalue weighted by atomic mass is 19.4. The molecule has 1 aliphatic heterocycles. The first-order valence-corrected chi connectivity index (χ1v) is 4.71. The highest BCUT2D eigenvalue weighted by Crippen LogP contribution is 2.38. The van der Waals surface area contributed by atoms with Crippen LogP contribution in [0.5, 0.6) is 0 Å². The summed E-state index contributed by atoms with van der Waals surface area (Å²) in [5, 5.41) is 12.0. The molecule has 0 saturated carbocycles. The maximum Gasteiger partial charge on any atom is 0.416 e. The lowest BCUT2D eigenvalue weighted by molar-refractivity contribution is -0.138. The molecule has 1 aliphatic rings. The molecule has 1 unspecified atom stereocenters. The van der Waals surface area contributed by atoms with Gasteiger partial charge >= 0.3 is 6.18 Å². The van der Waals surface area contributed by atoms with Crippen molar-refractivity contribution in [3.8, 4) is 0 Å². The summed E-state index contributed by atoms with van der Waals surface area (Å²) in [7, 11) is 0. The third-order valence-electron chi connectivity index (χ3n) is 2.61. The quantitative estimate of drug-likeness (QED) is 0.775. The zero-order valence-electron chi connectivity index (χ0n) is 8.30. The van der Waals surface area contributed by atoms with E-state index in [2.05, 4.69) is 11.9 Å². The molecule has 1 heterocycles. The number of halogens is 3. The molecule has 16 heavy (non-hydrogen) atoms. The average Bonchev–Trinajstić information content (AvgIpc) is 2.58. The van der Waals surface area contributed by atoms with E-state index in [0.29, 0.717) is 5.56 Å². The molecule has 0 bridgehead atoms. The summed E-state index contributed by atoms with van der Waals surface area (Å²) in [6.45, 7) is 3.47. The molecule has 0 fully saturated rings. The molecule has 0 aromatic heterocycles. The standard InChI is InChI=1S/C11H10F3NO/c1-2-6-3-7-8(5-15-10(7)16)9(4-6)11(12,13)14/h2-4,10,15-16H,1,5H2. The fourth-order valence-corrected chi connectivity index (χ4v) is 1.84. The largest absolute Gasteiger partial charge is 0.416 e. The van der Waals surface area contributed by atoms with Gasteiger partial charge in [-0.25, -0.2) is 0 Å². The first-order chi connectivity index (χ1) is 7.43. The number of nitrogens with one attached hydrogen (secondary N) is 1. The molecule has 2 N–H and O–H groups in total. The fourth-order valence-electron chi connectivity index (χ4n) is 1.84. The molecule has 2 rings (SSSR count). The maximum absolute atomic E-state index is 12.7. The van der Waals surface area contributed by atoms with E-state index in [9.17, 15) is 18.3 Å². The van der Waals surface area contributed by atoms with E-state index in [0.717, 1.165) is 6.07 Å². The lowest BCUT2D eigenvalue weighted by atomic mass is 9.98. The molecule has 0 spiro atoms. The normalized spacial score (nSPS) is 19.6. The molecular weight excluding hydrogens is 219 g/mol. The summed E-state index contributed by atoms with van der Waals surface area (Å²) in [4.78, 5) is 0. The Kier molecular flexibility index (Phi) is 2.52. The number of hydrogen-bond donors (Lipinski definition) is 2. The number of rotatable bonds is 1. The van der Waals surface area contributed by atoms with Crippen LogP contribution in [-0.4, -0.2) is 5.11 Å². The molecule has 0 aliphatic carbocycles. The Morgan fingerprint density at radius 3 is 2.69 bits per heavy atom. The average molecular weight is 229 g/mol. The van der Waals surface area contributed by atoms with Crippen LogP contribution in [0.25, 0.3) is 6.08 Å². The lowest BCUT2D eigenvalue weighted by Gasteiger charge is -2.13. The Morgan fingerprint density at radius 1 is 1.44 bits per heavy atom. The molecule has 1 aromatic rings. The van der Waals surface area contributed by atoms with Crippen molar-refractivity contribution < 1.29 is 18.3 Å². The Balaban J connectivity index is 2.65. The second kappa shape index (κ2) is 3.61. The smallest absolute Gasteiger partial charge is 0.374 e. The van der Waals surface area contributed by atoms with Crippen molar-refractivity contribution in [1.29, 1.82) is 0 Å². The summed E-state index contributed by atoms with van der Waals surface area (Å²) < 4.78 is 38.2. The van der Waals surface area contributed by atoms with Crippen LogP contribution < -0.4 is 5.32 Å². The number of hydrogen-bond acceptors (Lipinski definition) is 2. The van der Waals surface area contributed by atoms with Gasteiger partial charge in [0.2, 0.25) is 0 Å². The summed E-state index contributed by atoms with van der Waals surface area (Å²) in [6.07, 6.45) is -4.11. The van der Waals surface area contributed by atoms with E-state index in [4.69, 9.17) is 0 Å². The van der Waals surface area contributed by atoms with Crippen LogP contribution in [0, 0.1) is 0 Å². The molecule has 0 radical (unpaired) electrons. The minimum Gasteiger partial charge on any atom is -0.374 e. The lowest BCUT2D eigenvalue weighted by Crippen LogP contribution is -2.11. The number of alkyl halides is 3. The van der Waals surface area contributed by atoms with Crippen molar-refractivity contribution in [2.45, 2.75) is 18.9 Å². The summed E-state index contributed by atoms with van der Waals surface area (Å²) in [5.41, 5.74) is 0.0492. The van der Waals surface area contributed by atoms with Gasteiger partial charge in [-0.3, -0.25) is 5.32 Å². The highest BCUT2D eigenvalue weighted by Gasteiger charge is 2.37. The van der Waals surface area contributed by atoms with E-state index in [1.165, 1.54) is 12.1 Å². The monoisotopic (exact) mass is 229 g/mol. The van der Waals surface area contributed by atoms with Gasteiger partial charge in [-0.1, -0.05) is 12.7 Å². The van der Waals surface area contributed by atoms with Crippen LogP contribution >= 0.6 is 0 Å². The third kappa shape index (κ3) is 1.72. The van der Waals surface area contributed by atoms with Crippen LogP contribution in [-0.2, 0) is 12.7 Å². The Labute approximate surface area is 90.4 Å². The van der Waals surface area contributed by atoms with E-state index in [1.807, 2.05) is 0 Å². The maximum atomic E-state index is 12.7. The van der Waals surface area contributed by atoms with E-state index in [-0.39, 0.29) is 17.7 Å².